The zero-order chi connectivity index (χ0) is 20.9. The summed E-state index contributed by atoms with van der Waals surface area (Å²) in [5.74, 6) is -1.82. The van der Waals surface area contributed by atoms with Crippen molar-refractivity contribution in [3.8, 4) is 5.88 Å². The fourth-order valence-electron chi connectivity index (χ4n) is 2.44. The van der Waals surface area contributed by atoms with Gasteiger partial charge >= 0.3 is 6.09 Å². The van der Waals surface area contributed by atoms with Crippen molar-refractivity contribution < 1.29 is 27.8 Å². The maximum Gasteiger partial charge on any atom is 0.408 e. The molecule has 0 spiro atoms. The summed E-state index contributed by atoms with van der Waals surface area (Å²) in [6.45, 7) is 5.03. The molecule has 2 aromatic rings. The van der Waals surface area contributed by atoms with E-state index in [-0.39, 0.29) is 23.4 Å². The number of hydrogen-bond acceptors (Lipinski definition) is 5. The number of nitrogens with one attached hydrogen (secondary N) is 1. The number of benzene rings is 1. The molecule has 0 aliphatic heterocycles. The molecule has 0 radical (unpaired) electrons. The van der Waals surface area contributed by atoms with Crippen LogP contribution in [0.25, 0.3) is 0 Å². The normalized spacial score (nSPS) is 12.2. The number of Topliss-reactive ketones (excluding diaryl/α,β-unsaturated/α-hetero) is 1. The van der Waals surface area contributed by atoms with Crippen LogP contribution < -0.4 is 10.1 Å². The summed E-state index contributed by atoms with van der Waals surface area (Å²) in [6, 6.07) is 4.77. The number of alkyl carbamates (subject to hydrolysis) is 1. The third-order valence-corrected chi connectivity index (χ3v) is 3.68. The van der Waals surface area contributed by atoms with Crippen LogP contribution in [0, 0.1) is 11.6 Å². The summed E-state index contributed by atoms with van der Waals surface area (Å²) in [5.41, 5.74) is -0.481. The lowest BCUT2D eigenvalue weighted by Crippen LogP contribution is -2.45. The van der Waals surface area contributed by atoms with Crippen LogP contribution in [0.15, 0.2) is 36.5 Å². The van der Waals surface area contributed by atoms with Gasteiger partial charge in [0.2, 0.25) is 5.88 Å². The molecule has 0 saturated carbocycles. The average Bonchev–Trinajstić information content (AvgIpc) is 2.61. The Bertz CT molecular complexity index is 866. The van der Waals surface area contributed by atoms with Crippen molar-refractivity contribution in [2.45, 2.75) is 38.8 Å². The maximum atomic E-state index is 14.1. The second-order valence-electron chi connectivity index (χ2n) is 7.09. The van der Waals surface area contributed by atoms with E-state index in [4.69, 9.17) is 9.47 Å². The lowest BCUT2D eigenvalue weighted by molar-refractivity contribution is 0.0491. The van der Waals surface area contributed by atoms with E-state index in [1.807, 2.05) is 0 Å². The summed E-state index contributed by atoms with van der Waals surface area (Å²) in [5, 5.41) is 2.47. The van der Waals surface area contributed by atoms with Crippen LogP contribution in [-0.4, -0.2) is 35.6 Å². The minimum Gasteiger partial charge on any atom is -0.481 e. The van der Waals surface area contributed by atoms with Gasteiger partial charge in [0, 0.05) is 30.3 Å². The molecule has 0 bridgehead atoms. The molecule has 1 aromatic heterocycles. The molecular weight excluding hydrogens is 370 g/mol. The van der Waals surface area contributed by atoms with Crippen LogP contribution in [0.2, 0.25) is 0 Å². The molecule has 0 aliphatic rings. The number of carbonyl (C=O) groups is 2. The van der Waals surface area contributed by atoms with Gasteiger partial charge in [-0.3, -0.25) is 4.79 Å². The Morgan fingerprint density at radius 1 is 1.18 bits per heavy atom. The van der Waals surface area contributed by atoms with Gasteiger partial charge < -0.3 is 14.8 Å². The number of aromatic nitrogens is 1. The number of methoxy groups -OCH3 is 1. The number of carbonyl (C=O) groups excluding carboxylic acids is 2. The predicted octanol–water partition coefficient (Wildman–Crippen LogP) is 3.69. The minimum atomic E-state index is -1.14. The van der Waals surface area contributed by atoms with Crippen molar-refractivity contribution in [1.82, 2.24) is 10.3 Å². The zero-order valence-electron chi connectivity index (χ0n) is 16.1. The molecule has 1 unspecified atom stereocenters. The van der Waals surface area contributed by atoms with Gasteiger partial charge in [0.05, 0.1) is 13.2 Å². The molecule has 0 saturated heterocycles. The van der Waals surface area contributed by atoms with Gasteiger partial charge in [-0.15, -0.1) is 0 Å². The first-order valence-corrected chi connectivity index (χ1v) is 8.57. The Morgan fingerprint density at radius 2 is 1.89 bits per heavy atom. The number of rotatable bonds is 6. The Labute approximate surface area is 161 Å². The van der Waals surface area contributed by atoms with E-state index in [2.05, 4.69) is 10.3 Å². The second kappa shape index (κ2) is 8.77. The number of ether oxygens (including phenoxy) is 2. The highest BCUT2D eigenvalue weighted by molar-refractivity contribution is 6.01. The standard InChI is InChI=1S/C20H22F2N2O4/c1-20(2,3)28-19(26)24-16(9-12-5-6-14(21)11-15(12)22)18(25)13-7-8-23-17(10-13)27-4/h5-8,10-11,16H,9H2,1-4H3,(H,24,26). The Hall–Kier alpha value is -3.03. The van der Waals surface area contributed by atoms with Crippen molar-refractivity contribution in [3.05, 3.63) is 59.3 Å². The van der Waals surface area contributed by atoms with Gasteiger partial charge in [-0.25, -0.2) is 18.6 Å². The third-order valence-electron chi connectivity index (χ3n) is 3.68. The van der Waals surface area contributed by atoms with Crippen molar-refractivity contribution >= 4 is 11.9 Å². The van der Waals surface area contributed by atoms with Crippen molar-refractivity contribution in [1.29, 1.82) is 0 Å². The molecule has 28 heavy (non-hydrogen) atoms. The van der Waals surface area contributed by atoms with E-state index in [0.29, 0.717) is 0 Å². The number of amides is 1. The molecule has 6 nitrogen and oxygen atoms in total. The molecule has 150 valence electrons. The number of pyridine rings is 1. The number of hydrogen-bond donors (Lipinski definition) is 1. The minimum absolute atomic E-state index is 0.0804. The Balaban J connectivity index is 2.31. The highest BCUT2D eigenvalue weighted by Crippen LogP contribution is 2.17. The summed E-state index contributed by atoms with van der Waals surface area (Å²) >= 11 is 0. The van der Waals surface area contributed by atoms with E-state index < -0.39 is 35.2 Å². The molecule has 1 atom stereocenters. The van der Waals surface area contributed by atoms with Crippen LogP contribution in [0.4, 0.5) is 13.6 Å². The summed E-state index contributed by atoms with van der Waals surface area (Å²) in [7, 11) is 1.40. The lowest BCUT2D eigenvalue weighted by atomic mass is 9.98. The van der Waals surface area contributed by atoms with E-state index in [1.54, 1.807) is 20.8 Å². The maximum absolute atomic E-state index is 14.1. The molecular formula is C20H22F2N2O4. The first-order valence-electron chi connectivity index (χ1n) is 8.57. The monoisotopic (exact) mass is 392 g/mol. The van der Waals surface area contributed by atoms with Crippen molar-refractivity contribution in [3.63, 3.8) is 0 Å². The van der Waals surface area contributed by atoms with E-state index >= 15 is 0 Å². The molecule has 2 rings (SSSR count). The average molecular weight is 392 g/mol. The fourth-order valence-corrected chi connectivity index (χ4v) is 2.44. The van der Waals surface area contributed by atoms with Gasteiger partial charge in [-0.1, -0.05) is 6.07 Å². The highest BCUT2D eigenvalue weighted by Gasteiger charge is 2.27. The first-order chi connectivity index (χ1) is 13.1. The molecule has 8 heteroatoms. The van der Waals surface area contributed by atoms with Crippen molar-refractivity contribution in [2.24, 2.45) is 0 Å². The molecule has 0 aliphatic carbocycles. The van der Waals surface area contributed by atoms with E-state index in [1.165, 1.54) is 31.5 Å². The van der Waals surface area contributed by atoms with Crippen LogP contribution in [0.5, 0.6) is 5.88 Å². The smallest absolute Gasteiger partial charge is 0.408 e. The molecule has 1 aromatic carbocycles. The van der Waals surface area contributed by atoms with Crippen molar-refractivity contribution in [2.75, 3.05) is 7.11 Å². The zero-order valence-corrected chi connectivity index (χ0v) is 16.1. The molecule has 1 amide bonds. The van der Waals surface area contributed by atoms with Crippen LogP contribution in [-0.2, 0) is 11.2 Å². The van der Waals surface area contributed by atoms with Crippen LogP contribution >= 0.6 is 0 Å². The van der Waals surface area contributed by atoms with Gasteiger partial charge in [-0.2, -0.15) is 0 Å². The quantitative estimate of drug-likeness (QED) is 0.759. The largest absolute Gasteiger partial charge is 0.481 e. The highest BCUT2D eigenvalue weighted by atomic mass is 19.1. The van der Waals surface area contributed by atoms with Gasteiger partial charge in [0.25, 0.3) is 0 Å². The summed E-state index contributed by atoms with van der Waals surface area (Å²) in [4.78, 5) is 29.1. The number of nitrogens with zero attached hydrogens (tertiary/aromatic N) is 1. The summed E-state index contributed by atoms with van der Waals surface area (Å²) < 4.78 is 37.4. The lowest BCUT2D eigenvalue weighted by Gasteiger charge is -2.23. The second-order valence-corrected chi connectivity index (χ2v) is 7.09. The SMILES string of the molecule is COc1cc(C(=O)C(Cc2ccc(F)cc2F)NC(=O)OC(C)(C)C)ccn1. The van der Waals surface area contributed by atoms with Crippen LogP contribution in [0.3, 0.4) is 0 Å². The molecule has 0 fully saturated rings. The predicted molar refractivity (Wildman–Crippen MR) is 98.3 cm³/mol. The Kier molecular flexibility index (Phi) is 6.66. The summed E-state index contributed by atoms with van der Waals surface area (Å²) in [6.07, 6.45) is 0.374. The van der Waals surface area contributed by atoms with Crippen LogP contribution in [0.1, 0.15) is 36.7 Å². The number of ketones is 1. The molecule has 1 N–H and O–H groups in total. The third kappa shape index (κ3) is 6.00. The van der Waals surface area contributed by atoms with E-state index in [9.17, 15) is 18.4 Å². The first kappa shape index (κ1) is 21.3. The van der Waals surface area contributed by atoms with Gasteiger partial charge in [0.15, 0.2) is 5.78 Å². The molecule has 1 heterocycles. The van der Waals surface area contributed by atoms with E-state index in [0.717, 1.165) is 12.1 Å². The number of halogens is 2. The fraction of sp³-hybridized carbons (Fsp3) is 0.350. The van der Waals surface area contributed by atoms with Gasteiger partial charge in [-0.05, 0) is 38.5 Å². The topological polar surface area (TPSA) is 77.5 Å². The van der Waals surface area contributed by atoms with Gasteiger partial charge in [0.1, 0.15) is 17.2 Å². The Morgan fingerprint density at radius 3 is 2.50 bits per heavy atom.